The first-order valence-corrected chi connectivity index (χ1v) is 12.3. The zero-order valence-electron chi connectivity index (χ0n) is 21.0. The largest absolute Gasteiger partial charge is 0.507 e. The van der Waals surface area contributed by atoms with Gasteiger partial charge < -0.3 is 9.84 Å². The second kappa shape index (κ2) is 9.90. The fourth-order valence-corrected chi connectivity index (χ4v) is 4.69. The van der Waals surface area contributed by atoms with Gasteiger partial charge in [-0.2, -0.15) is 0 Å². The molecule has 1 aliphatic heterocycles. The number of benzene rings is 3. The zero-order valence-corrected chi connectivity index (χ0v) is 21.0. The number of hydrogen-bond donors (Lipinski definition) is 1. The van der Waals surface area contributed by atoms with Gasteiger partial charge in [-0.15, -0.1) is 0 Å². The molecule has 4 aromatic rings. The topological polar surface area (TPSA) is 79.7 Å². The smallest absolute Gasteiger partial charge is 0.300 e. The Morgan fingerprint density at radius 1 is 1.00 bits per heavy atom. The summed E-state index contributed by atoms with van der Waals surface area (Å²) < 4.78 is 5.87. The lowest BCUT2D eigenvalue weighted by Crippen LogP contribution is -2.30. The lowest BCUT2D eigenvalue weighted by atomic mass is 9.97. The SMILES string of the molecule is Cc1cc(/C(O)=C2\C(=O)C(=O)N(c3cccc4ccccc34)C2c2ccccn2)ccc1OCC(C)C. The van der Waals surface area contributed by atoms with E-state index < -0.39 is 17.7 Å². The summed E-state index contributed by atoms with van der Waals surface area (Å²) in [4.78, 5) is 32.9. The van der Waals surface area contributed by atoms with Crippen LogP contribution in [-0.2, 0) is 9.59 Å². The van der Waals surface area contributed by atoms with E-state index in [1.807, 2.05) is 49.4 Å². The van der Waals surface area contributed by atoms with Crippen LogP contribution in [0.3, 0.4) is 0 Å². The summed E-state index contributed by atoms with van der Waals surface area (Å²) in [6.07, 6.45) is 1.61. The Hall–Kier alpha value is -4.45. The molecule has 6 nitrogen and oxygen atoms in total. The molecule has 37 heavy (non-hydrogen) atoms. The molecule has 5 rings (SSSR count). The second-order valence-electron chi connectivity index (χ2n) is 9.61. The van der Waals surface area contributed by atoms with Crippen LogP contribution in [0.2, 0.25) is 0 Å². The van der Waals surface area contributed by atoms with Gasteiger partial charge in [0.1, 0.15) is 17.6 Å². The Morgan fingerprint density at radius 3 is 2.49 bits per heavy atom. The lowest BCUT2D eigenvalue weighted by molar-refractivity contribution is -0.132. The predicted octanol–water partition coefficient (Wildman–Crippen LogP) is 6.20. The van der Waals surface area contributed by atoms with Crippen molar-refractivity contribution in [3.8, 4) is 5.75 Å². The van der Waals surface area contributed by atoms with Crippen LogP contribution in [0.1, 0.15) is 36.7 Å². The van der Waals surface area contributed by atoms with Gasteiger partial charge in [0.2, 0.25) is 0 Å². The molecule has 1 aromatic heterocycles. The maximum Gasteiger partial charge on any atom is 0.300 e. The molecule has 1 atom stereocenters. The third-order valence-electron chi connectivity index (χ3n) is 6.46. The van der Waals surface area contributed by atoms with Crippen LogP contribution in [0.4, 0.5) is 5.69 Å². The first-order chi connectivity index (χ1) is 17.9. The van der Waals surface area contributed by atoms with Gasteiger partial charge in [-0.1, -0.05) is 56.3 Å². The van der Waals surface area contributed by atoms with Crippen LogP contribution in [0.25, 0.3) is 16.5 Å². The van der Waals surface area contributed by atoms with E-state index in [4.69, 9.17) is 4.74 Å². The molecule has 186 valence electrons. The lowest BCUT2D eigenvalue weighted by Gasteiger charge is -2.26. The molecule has 1 saturated heterocycles. The van der Waals surface area contributed by atoms with Gasteiger partial charge in [-0.25, -0.2) is 0 Å². The molecule has 1 amide bonds. The highest BCUT2D eigenvalue weighted by molar-refractivity contribution is 6.52. The number of hydrogen-bond acceptors (Lipinski definition) is 5. The average molecular weight is 493 g/mol. The first-order valence-electron chi connectivity index (χ1n) is 12.3. The van der Waals surface area contributed by atoms with Crippen molar-refractivity contribution in [2.24, 2.45) is 5.92 Å². The number of anilines is 1. The highest BCUT2D eigenvalue weighted by Crippen LogP contribution is 2.43. The van der Waals surface area contributed by atoms with E-state index in [9.17, 15) is 14.7 Å². The third-order valence-corrected chi connectivity index (χ3v) is 6.46. The molecule has 2 heterocycles. The Bertz CT molecular complexity index is 1520. The monoisotopic (exact) mass is 492 g/mol. The van der Waals surface area contributed by atoms with Gasteiger partial charge in [0.25, 0.3) is 11.7 Å². The standard InChI is InChI=1S/C31H28N2O4/c1-19(2)18-37-26-15-14-22(17-20(26)3)29(34)27-28(24-12-6-7-16-32-24)33(31(36)30(27)35)25-13-8-10-21-9-4-5-11-23(21)25/h4-17,19,28,34H,18H2,1-3H3/b29-27+. The van der Waals surface area contributed by atoms with Gasteiger partial charge in [0.15, 0.2) is 0 Å². The van der Waals surface area contributed by atoms with Crippen LogP contribution < -0.4 is 9.64 Å². The number of aryl methyl sites for hydroxylation is 1. The molecule has 1 fully saturated rings. The maximum atomic E-state index is 13.5. The van der Waals surface area contributed by atoms with Crippen molar-refractivity contribution in [1.82, 2.24) is 4.98 Å². The van der Waals surface area contributed by atoms with Crippen LogP contribution >= 0.6 is 0 Å². The molecular weight excluding hydrogens is 464 g/mol. The molecule has 1 aliphatic rings. The number of aromatic nitrogens is 1. The maximum absolute atomic E-state index is 13.5. The van der Waals surface area contributed by atoms with Gasteiger partial charge in [0, 0.05) is 17.1 Å². The van der Waals surface area contributed by atoms with Gasteiger partial charge in [0.05, 0.1) is 23.6 Å². The van der Waals surface area contributed by atoms with E-state index >= 15 is 0 Å². The summed E-state index contributed by atoms with van der Waals surface area (Å²) in [5, 5.41) is 13.2. The van der Waals surface area contributed by atoms with E-state index in [0.29, 0.717) is 35.2 Å². The number of pyridine rings is 1. The van der Waals surface area contributed by atoms with E-state index in [1.165, 1.54) is 4.90 Å². The number of ether oxygens (including phenoxy) is 1. The first kappa shape index (κ1) is 24.3. The molecule has 3 aromatic carbocycles. The van der Waals surface area contributed by atoms with Crippen molar-refractivity contribution < 1.29 is 19.4 Å². The number of Topliss-reactive ketones (excluding diaryl/α,β-unsaturated/α-hetero) is 1. The zero-order chi connectivity index (χ0) is 26.1. The Labute approximate surface area is 215 Å². The summed E-state index contributed by atoms with van der Waals surface area (Å²) in [6, 6.07) is 23.0. The number of rotatable bonds is 6. The highest BCUT2D eigenvalue weighted by atomic mass is 16.5. The summed E-state index contributed by atoms with van der Waals surface area (Å²) >= 11 is 0. The molecule has 0 saturated carbocycles. The molecule has 0 aliphatic carbocycles. The van der Waals surface area contributed by atoms with Crippen molar-refractivity contribution in [1.29, 1.82) is 0 Å². The number of aliphatic hydroxyl groups is 1. The quantitative estimate of drug-likeness (QED) is 0.197. The fourth-order valence-electron chi connectivity index (χ4n) is 4.69. The molecule has 1 unspecified atom stereocenters. The van der Waals surface area contributed by atoms with Crippen LogP contribution in [-0.4, -0.2) is 28.4 Å². The number of aliphatic hydroxyl groups excluding tert-OH is 1. The Morgan fingerprint density at radius 2 is 1.76 bits per heavy atom. The summed E-state index contributed by atoms with van der Waals surface area (Å²) in [7, 11) is 0. The number of amides is 1. The van der Waals surface area contributed by atoms with E-state index in [1.54, 1.807) is 42.6 Å². The predicted molar refractivity (Wildman–Crippen MR) is 144 cm³/mol. The molecule has 0 bridgehead atoms. The van der Waals surface area contributed by atoms with Crippen molar-refractivity contribution >= 4 is 33.9 Å². The Balaban J connectivity index is 1.67. The second-order valence-corrected chi connectivity index (χ2v) is 9.61. The van der Waals surface area contributed by atoms with Gasteiger partial charge in [-0.3, -0.25) is 19.5 Å². The highest BCUT2D eigenvalue weighted by Gasteiger charge is 2.48. The minimum Gasteiger partial charge on any atom is -0.507 e. The minimum atomic E-state index is -0.885. The fraction of sp³-hybridized carbons (Fsp3) is 0.194. The molecular formula is C31H28N2O4. The van der Waals surface area contributed by atoms with Crippen LogP contribution in [0, 0.1) is 12.8 Å². The van der Waals surface area contributed by atoms with Crippen molar-refractivity contribution in [3.05, 3.63) is 107 Å². The van der Waals surface area contributed by atoms with E-state index in [2.05, 4.69) is 18.8 Å². The molecule has 6 heteroatoms. The van der Waals surface area contributed by atoms with E-state index in [-0.39, 0.29) is 11.3 Å². The number of ketones is 1. The summed E-state index contributed by atoms with van der Waals surface area (Å²) in [5.41, 5.74) is 2.34. The van der Waals surface area contributed by atoms with Crippen molar-refractivity contribution in [2.75, 3.05) is 11.5 Å². The van der Waals surface area contributed by atoms with Gasteiger partial charge in [-0.05, 0) is 60.2 Å². The summed E-state index contributed by atoms with van der Waals surface area (Å²) in [6.45, 7) is 6.60. The minimum absolute atomic E-state index is 0.00637. The Kier molecular flexibility index (Phi) is 6.49. The average Bonchev–Trinajstić information content (AvgIpc) is 3.17. The summed E-state index contributed by atoms with van der Waals surface area (Å²) in [5.74, 6) is -0.616. The number of carbonyl (C=O) groups excluding carboxylic acids is 2. The molecule has 0 radical (unpaired) electrons. The van der Waals surface area contributed by atoms with Crippen molar-refractivity contribution in [3.63, 3.8) is 0 Å². The normalized spacial score (nSPS) is 17.1. The van der Waals surface area contributed by atoms with Crippen LogP contribution in [0.5, 0.6) is 5.75 Å². The van der Waals surface area contributed by atoms with Crippen molar-refractivity contribution in [2.45, 2.75) is 26.8 Å². The van der Waals surface area contributed by atoms with Gasteiger partial charge >= 0.3 is 0 Å². The number of fused-ring (bicyclic) bond motifs is 1. The molecule has 1 N–H and O–H groups in total. The molecule has 0 spiro atoms. The number of carbonyl (C=O) groups is 2. The van der Waals surface area contributed by atoms with Crippen LogP contribution in [0.15, 0.2) is 90.6 Å². The number of nitrogens with zero attached hydrogens (tertiary/aromatic N) is 2. The third kappa shape index (κ3) is 4.47. The van der Waals surface area contributed by atoms with E-state index in [0.717, 1.165) is 16.3 Å².